The van der Waals surface area contributed by atoms with Gasteiger partial charge in [0, 0.05) is 12.0 Å². The predicted octanol–water partition coefficient (Wildman–Crippen LogP) is 5.48. The summed E-state index contributed by atoms with van der Waals surface area (Å²) in [5.41, 5.74) is 3.20. The number of allylic oxidation sites excluding steroid dienone is 1. The van der Waals surface area contributed by atoms with Gasteiger partial charge in [-0.25, -0.2) is 9.59 Å². The number of Topliss-reactive ketones (excluding diaryl/α,β-unsaturated/α-hetero) is 1. The van der Waals surface area contributed by atoms with Gasteiger partial charge in [0.1, 0.15) is 31.3 Å². The molecule has 8 nitrogen and oxygen atoms in total. The largest absolute Gasteiger partial charge is 0.508 e. The fraction of sp³-hybridized carbons (Fsp3) is 0.367. The van der Waals surface area contributed by atoms with Crippen LogP contribution in [0.15, 0.2) is 66.8 Å². The Morgan fingerprint density at radius 2 is 1.61 bits per heavy atom. The number of aryl methyl sites for hydroxylation is 1. The monoisotopic (exact) mass is 522 g/mol. The van der Waals surface area contributed by atoms with Crippen molar-refractivity contribution in [1.82, 2.24) is 0 Å². The molecule has 0 N–H and O–H groups in total. The summed E-state index contributed by atoms with van der Waals surface area (Å²) < 4.78 is 27.4. The number of esters is 1. The van der Waals surface area contributed by atoms with E-state index in [9.17, 15) is 14.4 Å². The highest BCUT2D eigenvalue weighted by molar-refractivity contribution is 5.94. The summed E-state index contributed by atoms with van der Waals surface area (Å²) in [6.45, 7) is 13.3. The minimum atomic E-state index is -0.726. The number of benzene rings is 2. The van der Waals surface area contributed by atoms with Crippen LogP contribution >= 0.6 is 0 Å². The number of carbonyl (C=O) groups excluding carboxylic acids is 3. The first-order chi connectivity index (χ1) is 18.1. The van der Waals surface area contributed by atoms with E-state index in [1.165, 1.54) is 0 Å². The van der Waals surface area contributed by atoms with Gasteiger partial charge in [-0.1, -0.05) is 38.3 Å². The van der Waals surface area contributed by atoms with E-state index in [4.69, 9.17) is 23.7 Å². The normalized spacial score (nSPS) is 14.1. The summed E-state index contributed by atoms with van der Waals surface area (Å²) in [4.78, 5) is 35.0. The average molecular weight is 523 g/mol. The van der Waals surface area contributed by atoms with Crippen molar-refractivity contribution >= 4 is 17.9 Å². The summed E-state index contributed by atoms with van der Waals surface area (Å²) >= 11 is 0. The molecule has 0 aromatic heterocycles. The molecule has 3 rings (SSSR count). The molecule has 2 aromatic rings. The molecule has 0 atom stereocenters. The van der Waals surface area contributed by atoms with E-state index in [2.05, 4.69) is 20.1 Å². The fourth-order valence-corrected chi connectivity index (χ4v) is 3.75. The molecule has 1 saturated heterocycles. The molecule has 0 saturated carbocycles. The van der Waals surface area contributed by atoms with E-state index in [0.29, 0.717) is 22.6 Å². The van der Waals surface area contributed by atoms with Gasteiger partial charge in [0.15, 0.2) is 5.78 Å². The highest BCUT2D eigenvalue weighted by Crippen LogP contribution is 2.31. The SMILES string of the molecule is C=C(C)C(=O)CCOCC1(COc2ccc(-c3ccc(OC(=O)C(=C)C)cc3)c(CC)c2)COC(=O)OC1. The second-order valence-electron chi connectivity index (χ2n) is 9.49. The third kappa shape index (κ3) is 7.79. The maximum atomic E-state index is 11.8. The number of ketones is 1. The molecule has 1 aliphatic rings. The van der Waals surface area contributed by atoms with Crippen molar-refractivity contribution in [3.63, 3.8) is 0 Å². The number of hydrogen-bond acceptors (Lipinski definition) is 8. The van der Waals surface area contributed by atoms with Gasteiger partial charge in [-0.2, -0.15) is 0 Å². The molecule has 202 valence electrons. The average Bonchev–Trinajstić information content (AvgIpc) is 2.91. The highest BCUT2D eigenvalue weighted by atomic mass is 16.7. The zero-order valence-corrected chi connectivity index (χ0v) is 22.2. The van der Waals surface area contributed by atoms with Gasteiger partial charge in [-0.15, -0.1) is 0 Å². The fourth-order valence-electron chi connectivity index (χ4n) is 3.75. The molecule has 2 aromatic carbocycles. The van der Waals surface area contributed by atoms with Crippen molar-refractivity contribution in [2.24, 2.45) is 5.41 Å². The lowest BCUT2D eigenvalue weighted by Crippen LogP contribution is -2.47. The highest BCUT2D eigenvalue weighted by Gasteiger charge is 2.39. The second-order valence-corrected chi connectivity index (χ2v) is 9.49. The van der Waals surface area contributed by atoms with Crippen molar-refractivity contribution in [3.8, 4) is 22.6 Å². The Labute approximate surface area is 223 Å². The summed E-state index contributed by atoms with van der Waals surface area (Å²) in [5.74, 6) is 0.587. The lowest BCUT2D eigenvalue weighted by Gasteiger charge is -2.35. The van der Waals surface area contributed by atoms with Crippen LogP contribution in [0, 0.1) is 5.41 Å². The van der Waals surface area contributed by atoms with Crippen LogP contribution in [0.25, 0.3) is 11.1 Å². The van der Waals surface area contributed by atoms with Crippen LogP contribution in [-0.4, -0.2) is 50.9 Å². The van der Waals surface area contributed by atoms with E-state index in [1.807, 2.05) is 30.3 Å². The smallest absolute Gasteiger partial charge is 0.493 e. The van der Waals surface area contributed by atoms with Crippen LogP contribution in [0.5, 0.6) is 11.5 Å². The van der Waals surface area contributed by atoms with E-state index in [0.717, 1.165) is 23.1 Å². The third-order valence-corrected chi connectivity index (χ3v) is 6.08. The molecule has 0 bridgehead atoms. The molecule has 1 heterocycles. The van der Waals surface area contributed by atoms with Crippen LogP contribution in [-0.2, 0) is 30.2 Å². The van der Waals surface area contributed by atoms with Gasteiger partial charge in [-0.3, -0.25) is 4.79 Å². The zero-order chi connectivity index (χ0) is 27.7. The predicted molar refractivity (Wildman–Crippen MR) is 142 cm³/mol. The number of rotatable bonds is 13. The Hall–Kier alpha value is -3.91. The molecule has 0 radical (unpaired) electrons. The van der Waals surface area contributed by atoms with E-state index < -0.39 is 17.5 Å². The third-order valence-electron chi connectivity index (χ3n) is 6.08. The van der Waals surface area contributed by atoms with Crippen LogP contribution in [0.3, 0.4) is 0 Å². The van der Waals surface area contributed by atoms with Gasteiger partial charge in [-0.05, 0) is 66.8 Å². The molecule has 0 spiro atoms. The molecule has 8 heteroatoms. The van der Waals surface area contributed by atoms with Crippen molar-refractivity contribution in [2.45, 2.75) is 33.6 Å². The number of ether oxygens (including phenoxy) is 5. The lowest BCUT2D eigenvalue weighted by molar-refractivity contribution is -0.130. The maximum Gasteiger partial charge on any atom is 0.508 e. The molecular weight excluding hydrogens is 488 g/mol. The van der Waals surface area contributed by atoms with Crippen LogP contribution in [0.1, 0.15) is 32.8 Å². The molecule has 0 amide bonds. The first-order valence-electron chi connectivity index (χ1n) is 12.4. The molecule has 0 aliphatic carbocycles. The maximum absolute atomic E-state index is 11.8. The van der Waals surface area contributed by atoms with Gasteiger partial charge in [0.25, 0.3) is 0 Å². The molecular formula is C30H34O8. The molecule has 38 heavy (non-hydrogen) atoms. The molecule has 0 unspecified atom stereocenters. The molecule has 1 fully saturated rings. The molecule has 1 aliphatic heterocycles. The van der Waals surface area contributed by atoms with E-state index >= 15 is 0 Å². The van der Waals surface area contributed by atoms with E-state index in [1.54, 1.807) is 26.0 Å². The summed E-state index contributed by atoms with van der Waals surface area (Å²) in [7, 11) is 0. The Morgan fingerprint density at radius 3 is 2.21 bits per heavy atom. The zero-order valence-electron chi connectivity index (χ0n) is 22.2. The van der Waals surface area contributed by atoms with Crippen molar-refractivity contribution in [1.29, 1.82) is 0 Å². The lowest BCUT2D eigenvalue weighted by atomic mass is 9.91. The first kappa shape index (κ1) is 28.7. The van der Waals surface area contributed by atoms with Gasteiger partial charge in [0.05, 0.1) is 18.6 Å². The minimum absolute atomic E-state index is 0.0590. The van der Waals surface area contributed by atoms with E-state index in [-0.39, 0.29) is 45.2 Å². The Bertz CT molecular complexity index is 1190. The summed E-state index contributed by atoms with van der Waals surface area (Å²) in [5, 5.41) is 0. The second kappa shape index (κ2) is 13.1. The van der Waals surface area contributed by atoms with Crippen LogP contribution in [0.4, 0.5) is 4.79 Å². The standard InChI is InChI=1S/C30H34O8/c1-6-22-15-25(11-12-26(22)23-7-9-24(10-8-23)38-28(32)21(4)5)35-17-30(18-36-29(33)37-19-30)16-34-14-13-27(31)20(2)3/h7-12,15H,2,4,6,13-14,16-19H2,1,3,5H3. The van der Waals surface area contributed by atoms with Gasteiger partial charge in [0.2, 0.25) is 0 Å². The van der Waals surface area contributed by atoms with Crippen molar-refractivity contribution in [2.75, 3.05) is 33.0 Å². The first-order valence-corrected chi connectivity index (χ1v) is 12.4. The topological polar surface area (TPSA) is 97.4 Å². The number of cyclic esters (lactones) is 2. The Balaban J connectivity index is 1.67. The van der Waals surface area contributed by atoms with Gasteiger partial charge >= 0.3 is 12.1 Å². The quantitative estimate of drug-likeness (QED) is 0.148. The van der Waals surface area contributed by atoms with Crippen molar-refractivity contribution in [3.05, 3.63) is 72.3 Å². The number of carbonyl (C=O) groups is 3. The minimum Gasteiger partial charge on any atom is -0.493 e. The van der Waals surface area contributed by atoms with Gasteiger partial charge < -0.3 is 23.7 Å². The summed E-state index contributed by atoms with van der Waals surface area (Å²) in [6.07, 6.45) is 0.270. The Kier molecular flexibility index (Phi) is 9.85. The van der Waals surface area contributed by atoms with Crippen LogP contribution < -0.4 is 9.47 Å². The Morgan fingerprint density at radius 1 is 0.947 bits per heavy atom. The van der Waals surface area contributed by atoms with Crippen LogP contribution in [0.2, 0.25) is 0 Å². The number of hydrogen-bond donors (Lipinski definition) is 0. The summed E-state index contributed by atoms with van der Waals surface area (Å²) in [6, 6.07) is 13.1. The van der Waals surface area contributed by atoms with Crippen molar-refractivity contribution < 1.29 is 38.1 Å².